The summed E-state index contributed by atoms with van der Waals surface area (Å²) in [7, 11) is 1.85. The van der Waals surface area contributed by atoms with Gasteiger partial charge in [0.15, 0.2) is 5.96 Å². The molecule has 4 nitrogen and oxygen atoms in total. The maximum absolute atomic E-state index is 5.39. The van der Waals surface area contributed by atoms with Crippen LogP contribution in [0.2, 0.25) is 0 Å². The number of nitrogens with zero attached hydrogens (tertiary/aromatic N) is 1. The van der Waals surface area contributed by atoms with Gasteiger partial charge in [0.05, 0.1) is 0 Å². The second-order valence-electron chi connectivity index (χ2n) is 5.36. The van der Waals surface area contributed by atoms with E-state index < -0.39 is 0 Å². The quantitative estimate of drug-likeness (QED) is 0.598. The SMILES string of the molecule is CN=C(NCCC1CCOCC1)NCC1CCCS1. The second-order valence-corrected chi connectivity index (χ2v) is 6.77. The summed E-state index contributed by atoms with van der Waals surface area (Å²) in [5.41, 5.74) is 0. The molecule has 1 unspecified atom stereocenters. The van der Waals surface area contributed by atoms with Crippen molar-refractivity contribution in [1.29, 1.82) is 0 Å². The largest absolute Gasteiger partial charge is 0.381 e. The molecule has 19 heavy (non-hydrogen) atoms. The third-order valence-corrected chi connectivity index (χ3v) is 5.33. The number of aliphatic imine (C=N–C) groups is 1. The van der Waals surface area contributed by atoms with Crippen molar-refractivity contribution in [2.45, 2.75) is 37.4 Å². The summed E-state index contributed by atoms with van der Waals surface area (Å²) in [5.74, 6) is 3.10. The Kier molecular flexibility index (Phi) is 6.85. The minimum Gasteiger partial charge on any atom is -0.381 e. The molecular formula is C14H27N3OS. The number of hydrogen-bond donors (Lipinski definition) is 2. The molecule has 2 N–H and O–H groups in total. The van der Waals surface area contributed by atoms with Gasteiger partial charge < -0.3 is 15.4 Å². The lowest BCUT2D eigenvalue weighted by molar-refractivity contribution is 0.0643. The molecule has 0 aromatic heterocycles. The molecule has 0 aromatic carbocycles. The van der Waals surface area contributed by atoms with Crippen molar-refractivity contribution < 1.29 is 4.74 Å². The van der Waals surface area contributed by atoms with Gasteiger partial charge in [0.1, 0.15) is 0 Å². The van der Waals surface area contributed by atoms with Crippen LogP contribution < -0.4 is 10.6 Å². The first-order valence-corrected chi connectivity index (χ1v) is 8.57. The molecule has 0 spiro atoms. The van der Waals surface area contributed by atoms with E-state index in [0.717, 1.165) is 43.4 Å². The van der Waals surface area contributed by atoms with Crippen molar-refractivity contribution in [2.75, 3.05) is 39.1 Å². The molecule has 0 aromatic rings. The third kappa shape index (κ3) is 5.61. The van der Waals surface area contributed by atoms with E-state index in [2.05, 4.69) is 27.4 Å². The zero-order chi connectivity index (χ0) is 13.3. The van der Waals surface area contributed by atoms with Gasteiger partial charge in [-0.15, -0.1) is 0 Å². The summed E-state index contributed by atoms with van der Waals surface area (Å²) < 4.78 is 5.39. The lowest BCUT2D eigenvalue weighted by Gasteiger charge is -2.22. The zero-order valence-electron chi connectivity index (χ0n) is 12.0. The molecule has 2 saturated heterocycles. The lowest BCUT2D eigenvalue weighted by Crippen LogP contribution is -2.41. The number of nitrogens with one attached hydrogen (secondary N) is 2. The van der Waals surface area contributed by atoms with E-state index in [-0.39, 0.29) is 0 Å². The van der Waals surface area contributed by atoms with Crippen LogP contribution in [-0.2, 0) is 4.74 Å². The molecule has 2 aliphatic rings. The molecule has 0 bridgehead atoms. The van der Waals surface area contributed by atoms with Gasteiger partial charge in [0, 0.05) is 38.6 Å². The van der Waals surface area contributed by atoms with E-state index in [4.69, 9.17) is 4.74 Å². The summed E-state index contributed by atoms with van der Waals surface area (Å²) in [6.45, 7) is 3.94. The molecule has 0 saturated carbocycles. The number of hydrogen-bond acceptors (Lipinski definition) is 3. The molecule has 1 atom stereocenters. The van der Waals surface area contributed by atoms with Crippen LogP contribution in [0.15, 0.2) is 4.99 Å². The molecule has 5 heteroatoms. The molecule has 0 radical (unpaired) electrons. The first-order valence-electron chi connectivity index (χ1n) is 7.52. The standard InChI is InChI=1S/C14H27N3OS/c1-15-14(17-11-13-3-2-10-19-13)16-7-4-12-5-8-18-9-6-12/h12-13H,2-11H2,1H3,(H2,15,16,17). The monoisotopic (exact) mass is 285 g/mol. The molecule has 0 amide bonds. The maximum Gasteiger partial charge on any atom is 0.191 e. The first kappa shape index (κ1) is 15.0. The van der Waals surface area contributed by atoms with Crippen molar-refractivity contribution in [1.82, 2.24) is 10.6 Å². The highest BCUT2D eigenvalue weighted by Gasteiger charge is 2.16. The smallest absolute Gasteiger partial charge is 0.191 e. The minimum atomic E-state index is 0.772. The molecule has 2 heterocycles. The van der Waals surface area contributed by atoms with Crippen molar-refractivity contribution >= 4 is 17.7 Å². The molecule has 2 rings (SSSR count). The van der Waals surface area contributed by atoms with Crippen LogP contribution in [0.25, 0.3) is 0 Å². The Bertz CT molecular complexity index is 274. The first-order chi connectivity index (χ1) is 9.38. The molecule has 110 valence electrons. The summed E-state index contributed by atoms with van der Waals surface area (Å²) in [6, 6.07) is 0. The predicted molar refractivity (Wildman–Crippen MR) is 83.0 cm³/mol. The molecule has 2 fully saturated rings. The van der Waals surface area contributed by atoms with Gasteiger partial charge in [0.2, 0.25) is 0 Å². The van der Waals surface area contributed by atoms with Gasteiger partial charge in [-0.2, -0.15) is 11.8 Å². The number of ether oxygens (including phenoxy) is 1. The second kappa shape index (κ2) is 8.69. The Labute approximate surface area is 121 Å². The van der Waals surface area contributed by atoms with Crippen molar-refractivity contribution in [3.8, 4) is 0 Å². The van der Waals surface area contributed by atoms with E-state index in [0.29, 0.717) is 0 Å². The van der Waals surface area contributed by atoms with Gasteiger partial charge in [0.25, 0.3) is 0 Å². The van der Waals surface area contributed by atoms with E-state index in [1.165, 1.54) is 37.9 Å². The van der Waals surface area contributed by atoms with Crippen LogP contribution in [0, 0.1) is 5.92 Å². The average Bonchev–Trinajstić information content (AvgIpc) is 2.97. The van der Waals surface area contributed by atoms with Crippen molar-refractivity contribution in [2.24, 2.45) is 10.9 Å². The Morgan fingerprint density at radius 2 is 2.11 bits per heavy atom. The van der Waals surface area contributed by atoms with Crippen LogP contribution >= 0.6 is 11.8 Å². The fourth-order valence-electron chi connectivity index (χ4n) is 2.67. The Balaban J connectivity index is 1.56. The highest BCUT2D eigenvalue weighted by atomic mass is 32.2. The van der Waals surface area contributed by atoms with E-state index in [9.17, 15) is 0 Å². The van der Waals surface area contributed by atoms with Gasteiger partial charge in [-0.25, -0.2) is 0 Å². The Morgan fingerprint density at radius 3 is 2.79 bits per heavy atom. The third-order valence-electron chi connectivity index (χ3n) is 3.93. The predicted octanol–water partition coefficient (Wildman–Crippen LogP) is 1.86. The maximum atomic E-state index is 5.39. The van der Waals surface area contributed by atoms with Gasteiger partial charge in [-0.3, -0.25) is 4.99 Å². The van der Waals surface area contributed by atoms with Crippen LogP contribution in [0.5, 0.6) is 0 Å². The molecule has 0 aliphatic carbocycles. The summed E-state index contributed by atoms with van der Waals surface area (Å²) >= 11 is 2.08. The summed E-state index contributed by atoms with van der Waals surface area (Å²) in [4.78, 5) is 4.29. The Morgan fingerprint density at radius 1 is 1.26 bits per heavy atom. The normalized spacial score (nSPS) is 25.5. The minimum absolute atomic E-state index is 0.772. The van der Waals surface area contributed by atoms with Crippen LogP contribution in [-0.4, -0.2) is 50.3 Å². The van der Waals surface area contributed by atoms with Gasteiger partial charge in [-0.05, 0) is 43.8 Å². The highest BCUT2D eigenvalue weighted by molar-refractivity contribution is 8.00. The van der Waals surface area contributed by atoms with Crippen molar-refractivity contribution in [3.63, 3.8) is 0 Å². The van der Waals surface area contributed by atoms with Crippen molar-refractivity contribution in [3.05, 3.63) is 0 Å². The van der Waals surface area contributed by atoms with Gasteiger partial charge in [-0.1, -0.05) is 0 Å². The van der Waals surface area contributed by atoms with E-state index >= 15 is 0 Å². The topological polar surface area (TPSA) is 45.7 Å². The number of rotatable bonds is 5. The molecular weight excluding hydrogens is 258 g/mol. The van der Waals surface area contributed by atoms with Crippen LogP contribution in [0.4, 0.5) is 0 Å². The summed E-state index contributed by atoms with van der Waals surface area (Å²) in [5, 5.41) is 7.64. The van der Waals surface area contributed by atoms with Crippen LogP contribution in [0.3, 0.4) is 0 Å². The zero-order valence-corrected chi connectivity index (χ0v) is 12.8. The van der Waals surface area contributed by atoms with Crippen LogP contribution in [0.1, 0.15) is 32.1 Å². The van der Waals surface area contributed by atoms with Gasteiger partial charge >= 0.3 is 0 Å². The number of thioether (sulfide) groups is 1. The average molecular weight is 285 g/mol. The Hall–Kier alpha value is -0.420. The highest BCUT2D eigenvalue weighted by Crippen LogP contribution is 2.25. The number of guanidine groups is 1. The van der Waals surface area contributed by atoms with E-state index in [1.54, 1.807) is 0 Å². The fourth-order valence-corrected chi connectivity index (χ4v) is 3.87. The lowest BCUT2D eigenvalue weighted by atomic mass is 9.97. The molecule has 2 aliphatic heterocycles. The summed E-state index contributed by atoms with van der Waals surface area (Å²) in [6.07, 6.45) is 6.37. The van der Waals surface area contributed by atoms with E-state index in [1.807, 2.05) is 7.05 Å². The fraction of sp³-hybridized carbons (Fsp3) is 0.929.